The van der Waals surface area contributed by atoms with E-state index in [2.05, 4.69) is 0 Å². The molecule has 0 heterocycles. The van der Waals surface area contributed by atoms with Crippen molar-refractivity contribution in [1.29, 1.82) is 5.26 Å². The lowest BCUT2D eigenvalue weighted by atomic mass is 9.97. The molecular weight excluding hydrogens is 178 g/mol. The van der Waals surface area contributed by atoms with Gasteiger partial charge in [-0.2, -0.15) is 5.26 Å². The monoisotopic (exact) mass is 189 g/mol. The maximum absolute atomic E-state index is 10.6. The fourth-order valence-corrected chi connectivity index (χ4v) is 1.30. The first-order valence-electron chi connectivity index (χ1n) is 4.22. The van der Waals surface area contributed by atoms with Gasteiger partial charge in [0, 0.05) is 0 Å². The van der Waals surface area contributed by atoms with E-state index >= 15 is 0 Å². The van der Waals surface area contributed by atoms with Crippen molar-refractivity contribution in [2.45, 2.75) is 12.8 Å². The normalized spacial score (nSPS) is 11.5. The van der Waals surface area contributed by atoms with E-state index in [0.717, 1.165) is 16.9 Å². The minimum Gasteiger partial charge on any atom is -0.497 e. The number of hydrogen-bond donors (Lipinski definition) is 0. The van der Waals surface area contributed by atoms with Gasteiger partial charge in [-0.15, -0.1) is 0 Å². The van der Waals surface area contributed by atoms with Crippen LogP contribution in [0.2, 0.25) is 0 Å². The van der Waals surface area contributed by atoms with E-state index in [-0.39, 0.29) is 0 Å². The van der Waals surface area contributed by atoms with Crippen LogP contribution in [0.4, 0.5) is 0 Å². The maximum Gasteiger partial charge on any atom is 0.141 e. The highest BCUT2D eigenvalue weighted by molar-refractivity contribution is 5.67. The summed E-state index contributed by atoms with van der Waals surface area (Å²) >= 11 is 0. The van der Waals surface area contributed by atoms with Gasteiger partial charge in [-0.05, 0) is 30.2 Å². The minimum absolute atomic E-state index is 0.648. The van der Waals surface area contributed by atoms with Crippen LogP contribution < -0.4 is 4.74 Å². The van der Waals surface area contributed by atoms with E-state index in [0.29, 0.717) is 6.29 Å². The van der Waals surface area contributed by atoms with Crippen molar-refractivity contribution < 1.29 is 9.53 Å². The summed E-state index contributed by atoms with van der Waals surface area (Å²) in [5.41, 5.74) is 1.63. The molecule has 0 radical (unpaired) electrons. The molecule has 1 rings (SSSR count). The minimum atomic E-state index is -0.680. The third kappa shape index (κ3) is 1.91. The Balaban J connectivity index is 3.12. The van der Waals surface area contributed by atoms with Crippen LogP contribution in [0.5, 0.6) is 5.75 Å². The van der Waals surface area contributed by atoms with Gasteiger partial charge in [0.2, 0.25) is 0 Å². The van der Waals surface area contributed by atoms with E-state index in [1.54, 1.807) is 19.2 Å². The number of ether oxygens (including phenoxy) is 1. The molecule has 1 unspecified atom stereocenters. The summed E-state index contributed by atoms with van der Waals surface area (Å²) in [5.74, 6) is 0.0507. The summed E-state index contributed by atoms with van der Waals surface area (Å²) in [5, 5.41) is 8.72. The van der Waals surface area contributed by atoms with E-state index in [1.807, 2.05) is 19.1 Å². The number of carbonyl (C=O) groups is 1. The van der Waals surface area contributed by atoms with Crippen LogP contribution in [0.3, 0.4) is 0 Å². The van der Waals surface area contributed by atoms with Gasteiger partial charge in [-0.25, -0.2) is 0 Å². The predicted molar refractivity (Wildman–Crippen MR) is 52.1 cm³/mol. The Hall–Kier alpha value is -1.82. The summed E-state index contributed by atoms with van der Waals surface area (Å²) in [7, 11) is 1.58. The van der Waals surface area contributed by atoms with Crippen molar-refractivity contribution in [2.24, 2.45) is 0 Å². The Morgan fingerprint density at radius 1 is 1.57 bits per heavy atom. The molecule has 0 aliphatic carbocycles. The zero-order valence-corrected chi connectivity index (χ0v) is 8.15. The molecule has 0 N–H and O–H groups in total. The summed E-state index contributed by atoms with van der Waals surface area (Å²) in [6.45, 7) is 1.85. The molecule has 0 saturated heterocycles. The average Bonchev–Trinajstić information content (AvgIpc) is 2.22. The SMILES string of the molecule is COc1ccc(C(C#N)C=O)c(C)c1. The zero-order valence-electron chi connectivity index (χ0n) is 8.15. The van der Waals surface area contributed by atoms with Gasteiger partial charge < -0.3 is 9.53 Å². The third-order valence-electron chi connectivity index (χ3n) is 2.09. The Labute approximate surface area is 82.9 Å². The molecule has 1 aromatic carbocycles. The molecular formula is C11H11NO2. The lowest BCUT2D eigenvalue weighted by Crippen LogP contribution is -1.99. The highest BCUT2D eigenvalue weighted by Gasteiger charge is 2.11. The van der Waals surface area contributed by atoms with Gasteiger partial charge in [-0.1, -0.05) is 6.07 Å². The average molecular weight is 189 g/mol. The van der Waals surface area contributed by atoms with Crippen LogP contribution in [0.15, 0.2) is 18.2 Å². The summed E-state index contributed by atoms with van der Waals surface area (Å²) in [4.78, 5) is 10.6. The fourth-order valence-electron chi connectivity index (χ4n) is 1.30. The number of carbonyl (C=O) groups excluding carboxylic acids is 1. The maximum atomic E-state index is 10.6. The van der Waals surface area contributed by atoms with Gasteiger partial charge >= 0.3 is 0 Å². The molecule has 0 aromatic heterocycles. The van der Waals surface area contributed by atoms with Gasteiger partial charge in [0.15, 0.2) is 0 Å². The van der Waals surface area contributed by atoms with Crippen LogP contribution in [-0.4, -0.2) is 13.4 Å². The van der Waals surface area contributed by atoms with Crippen molar-refractivity contribution in [3.8, 4) is 11.8 Å². The van der Waals surface area contributed by atoms with Crippen LogP contribution in [-0.2, 0) is 4.79 Å². The molecule has 3 nitrogen and oxygen atoms in total. The number of nitriles is 1. The number of hydrogen-bond acceptors (Lipinski definition) is 3. The number of aryl methyl sites for hydroxylation is 1. The van der Waals surface area contributed by atoms with Crippen molar-refractivity contribution in [3.63, 3.8) is 0 Å². The van der Waals surface area contributed by atoms with Crippen LogP contribution in [0.25, 0.3) is 0 Å². The molecule has 0 saturated carbocycles. The van der Waals surface area contributed by atoms with Crippen molar-refractivity contribution >= 4 is 6.29 Å². The number of methoxy groups -OCH3 is 1. The molecule has 72 valence electrons. The molecule has 1 aromatic rings. The third-order valence-corrected chi connectivity index (χ3v) is 2.09. The Morgan fingerprint density at radius 2 is 2.29 bits per heavy atom. The zero-order chi connectivity index (χ0) is 10.6. The first kappa shape index (κ1) is 10.3. The summed E-state index contributed by atoms with van der Waals surface area (Å²) in [6.07, 6.45) is 0.648. The second kappa shape index (κ2) is 4.43. The molecule has 0 fully saturated rings. The predicted octanol–water partition coefficient (Wildman–Crippen LogP) is 1.81. The first-order chi connectivity index (χ1) is 6.72. The largest absolute Gasteiger partial charge is 0.497 e. The van der Waals surface area contributed by atoms with E-state index in [1.165, 1.54) is 0 Å². The van der Waals surface area contributed by atoms with Gasteiger partial charge in [0.1, 0.15) is 18.0 Å². The highest BCUT2D eigenvalue weighted by Crippen LogP contribution is 2.22. The lowest BCUT2D eigenvalue weighted by Gasteiger charge is -2.08. The van der Waals surface area contributed by atoms with E-state index < -0.39 is 5.92 Å². The van der Waals surface area contributed by atoms with Crippen LogP contribution in [0, 0.1) is 18.3 Å². The smallest absolute Gasteiger partial charge is 0.141 e. The first-order valence-corrected chi connectivity index (χ1v) is 4.22. The molecule has 0 aliphatic rings. The van der Waals surface area contributed by atoms with Crippen molar-refractivity contribution in [1.82, 2.24) is 0 Å². The van der Waals surface area contributed by atoms with Crippen molar-refractivity contribution in [3.05, 3.63) is 29.3 Å². The summed E-state index contributed by atoms with van der Waals surface area (Å²) in [6, 6.07) is 7.24. The number of aldehydes is 1. The number of nitrogens with zero attached hydrogens (tertiary/aromatic N) is 1. The van der Waals surface area contributed by atoms with Gasteiger partial charge in [0.05, 0.1) is 13.2 Å². The number of rotatable bonds is 3. The Bertz CT molecular complexity index is 379. The lowest BCUT2D eigenvalue weighted by molar-refractivity contribution is -0.108. The van der Waals surface area contributed by atoms with E-state index in [4.69, 9.17) is 10.00 Å². The second-order valence-corrected chi connectivity index (χ2v) is 2.97. The Morgan fingerprint density at radius 3 is 2.71 bits per heavy atom. The molecule has 0 aliphatic heterocycles. The molecule has 0 bridgehead atoms. The van der Waals surface area contributed by atoms with Crippen LogP contribution >= 0.6 is 0 Å². The summed E-state index contributed by atoms with van der Waals surface area (Å²) < 4.78 is 5.03. The van der Waals surface area contributed by atoms with Gasteiger partial charge in [-0.3, -0.25) is 0 Å². The van der Waals surface area contributed by atoms with Gasteiger partial charge in [0.25, 0.3) is 0 Å². The highest BCUT2D eigenvalue weighted by atomic mass is 16.5. The number of benzene rings is 1. The quantitative estimate of drug-likeness (QED) is 0.681. The fraction of sp³-hybridized carbons (Fsp3) is 0.273. The molecule has 0 spiro atoms. The topological polar surface area (TPSA) is 50.1 Å². The van der Waals surface area contributed by atoms with Crippen molar-refractivity contribution in [2.75, 3.05) is 7.11 Å². The standard InChI is InChI=1S/C11H11NO2/c1-8-5-10(14-2)3-4-11(8)9(6-12)7-13/h3-5,7,9H,1-2H3. The Kier molecular flexibility index (Phi) is 3.24. The second-order valence-electron chi connectivity index (χ2n) is 2.97. The van der Waals surface area contributed by atoms with Crippen LogP contribution in [0.1, 0.15) is 17.0 Å². The molecule has 3 heteroatoms. The van der Waals surface area contributed by atoms with E-state index in [9.17, 15) is 4.79 Å². The molecule has 14 heavy (non-hydrogen) atoms. The molecule has 0 amide bonds. The molecule has 1 atom stereocenters.